The summed E-state index contributed by atoms with van der Waals surface area (Å²) in [7, 11) is 0. The van der Waals surface area contributed by atoms with Crippen molar-refractivity contribution in [2.24, 2.45) is 0 Å². The highest BCUT2D eigenvalue weighted by molar-refractivity contribution is 5.63. The van der Waals surface area contributed by atoms with Crippen LogP contribution in [0.4, 0.5) is 5.69 Å². The molecule has 1 aromatic carbocycles. The molecule has 2 N–H and O–H groups in total. The van der Waals surface area contributed by atoms with Gasteiger partial charge in [0.15, 0.2) is 0 Å². The van der Waals surface area contributed by atoms with Crippen LogP contribution in [-0.4, -0.2) is 19.5 Å². The van der Waals surface area contributed by atoms with Gasteiger partial charge in [0, 0.05) is 41.6 Å². The number of rotatable bonds is 5. The van der Waals surface area contributed by atoms with Crippen LogP contribution >= 0.6 is 0 Å². The van der Waals surface area contributed by atoms with E-state index in [0.29, 0.717) is 6.54 Å². The molecule has 24 heavy (non-hydrogen) atoms. The Bertz CT molecular complexity index is 830. The molecule has 4 rings (SSSR count). The largest absolute Gasteiger partial charge is 0.378 e. The summed E-state index contributed by atoms with van der Waals surface area (Å²) >= 11 is 0. The van der Waals surface area contributed by atoms with Crippen molar-refractivity contribution in [1.29, 1.82) is 0 Å². The summed E-state index contributed by atoms with van der Waals surface area (Å²) < 4.78 is 2.36. The van der Waals surface area contributed by atoms with E-state index in [0.717, 1.165) is 36.7 Å². The van der Waals surface area contributed by atoms with Gasteiger partial charge in [-0.3, -0.25) is 0 Å². The molecule has 1 aliphatic heterocycles. The number of fused-ring (bicyclic) bond motifs is 1. The highest BCUT2D eigenvalue weighted by atomic mass is 15.1. The normalized spacial score (nSPS) is 13.7. The number of hydrogen-bond donors (Lipinski definition) is 2. The van der Waals surface area contributed by atoms with Crippen LogP contribution in [0.1, 0.15) is 37.0 Å². The van der Waals surface area contributed by atoms with Crippen LogP contribution in [0.2, 0.25) is 0 Å². The molecule has 0 fully saturated rings. The Morgan fingerprint density at radius 3 is 3.04 bits per heavy atom. The lowest BCUT2D eigenvalue weighted by Gasteiger charge is -2.17. The molecule has 0 aliphatic carbocycles. The zero-order valence-electron chi connectivity index (χ0n) is 14.0. The highest BCUT2D eigenvalue weighted by Gasteiger charge is 2.15. The minimum absolute atomic E-state index is 0.698. The third-order valence-electron chi connectivity index (χ3n) is 4.65. The lowest BCUT2D eigenvalue weighted by molar-refractivity contribution is 0.536. The van der Waals surface area contributed by atoms with Crippen LogP contribution in [0.25, 0.3) is 11.4 Å². The third-order valence-corrected chi connectivity index (χ3v) is 4.65. The highest BCUT2D eigenvalue weighted by Crippen LogP contribution is 2.26. The summed E-state index contributed by atoms with van der Waals surface area (Å²) in [5, 5.41) is 3.45. The standard InChI is InChI=1S/C19H23N5/c1-2-15-11-21-18(23-15)13-20-16-7-5-6-14(10-16)19-22-12-17-8-3-4-9-24(17)19/h5-7,10-12,20H,2-4,8-9,13H2,1H3,(H,21,23). The Morgan fingerprint density at radius 1 is 1.21 bits per heavy atom. The summed E-state index contributed by atoms with van der Waals surface area (Å²) in [6.07, 6.45) is 8.58. The maximum atomic E-state index is 4.66. The molecule has 0 radical (unpaired) electrons. The molecule has 124 valence electrons. The summed E-state index contributed by atoms with van der Waals surface area (Å²) in [5.74, 6) is 2.05. The minimum atomic E-state index is 0.698. The number of imidazole rings is 2. The second kappa shape index (κ2) is 6.51. The van der Waals surface area contributed by atoms with E-state index in [4.69, 9.17) is 0 Å². The fourth-order valence-corrected chi connectivity index (χ4v) is 3.30. The summed E-state index contributed by atoms with van der Waals surface area (Å²) in [6.45, 7) is 3.90. The van der Waals surface area contributed by atoms with Gasteiger partial charge in [-0.2, -0.15) is 0 Å². The first kappa shape index (κ1) is 15.0. The maximum Gasteiger partial charge on any atom is 0.140 e. The zero-order chi connectivity index (χ0) is 16.4. The number of anilines is 1. The van der Waals surface area contributed by atoms with E-state index in [1.165, 1.54) is 29.8 Å². The van der Waals surface area contributed by atoms with Gasteiger partial charge in [0.05, 0.1) is 6.54 Å². The van der Waals surface area contributed by atoms with E-state index >= 15 is 0 Å². The van der Waals surface area contributed by atoms with Crippen molar-refractivity contribution in [2.45, 2.75) is 45.7 Å². The van der Waals surface area contributed by atoms with Gasteiger partial charge in [0.1, 0.15) is 11.6 Å². The Balaban J connectivity index is 1.52. The van der Waals surface area contributed by atoms with Crippen LogP contribution in [0.15, 0.2) is 36.7 Å². The average Bonchev–Trinajstić information content (AvgIpc) is 3.27. The van der Waals surface area contributed by atoms with Crippen molar-refractivity contribution in [1.82, 2.24) is 19.5 Å². The third kappa shape index (κ3) is 2.94. The molecule has 3 heterocycles. The smallest absolute Gasteiger partial charge is 0.140 e. The number of nitrogens with zero attached hydrogens (tertiary/aromatic N) is 3. The van der Waals surface area contributed by atoms with E-state index in [2.05, 4.69) is 56.0 Å². The van der Waals surface area contributed by atoms with Crippen molar-refractivity contribution in [2.75, 3.05) is 5.32 Å². The fraction of sp³-hybridized carbons (Fsp3) is 0.368. The molecule has 0 saturated carbocycles. The Morgan fingerprint density at radius 2 is 2.17 bits per heavy atom. The fourth-order valence-electron chi connectivity index (χ4n) is 3.30. The number of aromatic nitrogens is 4. The number of H-pyrrole nitrogens is 1. The van der Waals surface area contributed by atoms with Gasteiger partial charge < -0.3 is 14.9 Å². The van der Waals surface area contributed by atoms with Gasteiger partial charge in [-0.25, -0.2) is 9.97 Å². The van der Waals surface area contributed by atoms with Crippen LogP contribution in [-0.2, 0) is 25.9 Å². The summed E-state index contributed by atoms with van der Waals surface area (Å²) in [5.41, 5.74) is 4.79. The van der Waals surface area contributed by atoms with Crippen molar-refractivity contribution >= 4 is 5.69 Å². The second-order valence-corrected chi connectivity index (χ2v) is 6.32. The maximum absolute atomic E-state index is 4.66. The molecule has 5 nitrogen and oxygen atoms in total. The van der Waals surface area contributed by atoms with E-state index in [-0.39, 0.29) is 0 Å². The molecule has 0 spiro atoms. The van der Waals surface area contributed by atoms with Gasteiger partial charge in [-0.15, -0.1) is 0 Å². The summed E-state index contributed by atoms with van der Waals surface area (Å²) in [6, 6.07) is 8.49. The molecular weight excluding hydrogens is 298 g/mol. The number of hydrogen-bond acceptors (Lipinski definition) is 3. The molecule has 0 unspecified atom stereocenters. The first-order valence-corrected chi connectivity index (χ1v) is 8.75. The van der Waals surface area contributed by atoms with Gasteiger partial charge in [-0.05, 0) is 37.8 Å². The molecule has 0 saturated heterocycles. The van der Waals surface area contributed by atoms with E-state index in [1.807, 2.05) is 12.4 Å². The molecule has 0 bridgehead atoms. The topological polar surface area (TPSA) is 58.5 Å². The van der Waals surface area contributed by atoms with Crippen molar-refractivity contribution < 1.29 is 0 Å². The SMILES string of the molecule is CCc1cnc(CNc2cccc(-c3ncc4n3CCCC4)c2)[nH]1. The predicted octanol–water partition coefficient (Wildman–Crippen LogP) is 3.78. The quantitative estimate of drug-likeness (QED) is 0.752. The van der Waals surface area contributed by atoms with Gasteiger partial charge in [0.25, 0.3) is 0 Å². The number of benzene rings is 1. The van der Waals surface area contributed by atoms with Crippen LogP contribution in [0.5, 0.6) is 0 Å². The van der Waals surface area contributed by atoms with Crippen LogP contribution in [0.3, 0.4) is 0 Å². The van der Waals surface area contributed by atoms with E-state index in [9.17, 15) is 0 Å². The second-order valence-electron chi connectivity index (χ2n) is 6.32. The first-order chi connectivity index (χ1) is 11.8. The van der Waals surface area contributed by atoms with Gasteiger partial charge in [-0.1, -0.05) is 19.1 Å². The predicted molar refractivity (Wildman–Crippen MR) is 95.9 cm³/mol. The molecular formula is C19H23N5. The lowest BCUT2D eigenvalue weighted by atomic mass is 10.1. The number of aromatic amines is 1. The number of nitrogens with one attached hydrogen (secondary N) is 2. The molecule has 5 heteroatoms. The van der Waals surface area contributed by atoms with E-state index < -0.39 is 0 Å². The van der Waals surface area contributed by atoms with Crippen LogP contribution in [0, 0.1) is 0 Å². The molecule has 1 aliphatic rings. The van der Waals surface area contributed by atoms with Crippen LogP contribution < -0.4 is 5.32 Å². The lowest BCUT2D eigenvalue weighted by Crippen LogP contribution is -2.10. The van der Waals surface area contributed by atoms with E-state index in [1.54, 1.807) is 0 Å². The van der Waals surface area contributed by atoms with Gasteiger partial charge in [0.2, 0.25) is 0 Å². The molecule has 3 aromatic rings. The molecule has 0 atom stereocenters. The van der Waals surface area contributed by atoms with Crippen molar-refractivity contribution in [3.05, 3.63) is 53.9 Å². The van der Waals surface area contributed by atoms with Crippen molar-refractivity contribution in [3.63, 3.8) is 0 Å². The Hall–Kier alpha value is -2.56. The molecule has 0 amide bonds. The Labute approximate surface area is 142 Å². The summed E-state index contributed by atoms with van der Waals surface area (Å²) in [4.78, 5) is 12.4. The van der Waals surface area contributed by atoms with Crippen molar-refractivity contribution in [3.8, 4) is 11.4 Å². The monoisotopic (exact) mass is 321 g/mol. The van der Waals surface area contributed by atoms with Gasteiger partial charge >= 0.3 is 0 Å². The average molecular weight is 321 g/mol. The number of aryl methyl sites for hydroxylation is 2. The Kier molecular flexibility index (Phi) is 4.07. The minimum Gasteiger partial charge on any atom is -0.378 e. The molecule has 2 aromatic heterocycles. The first-order valence-electron chi connectivity index (χ1n) is 8.75. The zero-order valence-corrected chi connectivity index (χ0v) is 14.0.